The highest BCUT2D eigenvalue weighted by Gasteiger charge is 2.23. The van der Waals surface area contributed by atoms with Gasteiger partial charge in [-0.15, -0.1) is 0 Å². The Morgan fingerprint density at radius 3 is 2.62 bits per heavy atom. The van der Waals surface area contributed by atoms with Gasteiger partial charge >= 0.3 is 0 Å². The fraction of sp³-hybridized carbons (Fsp3) is 0.750. The van der Waals surface area contributed by atoms with E-state index in [4.69, 9.17) is 14.6 Å². The van der Waals surface area contributed by atoms with Crippen LogP contribution < -0.4 is 4.72 Å². The number of hydrogen-bond acceptors (Lipinski definition) is 6. The lowest BCUT2D eigenvalue weighted by Crippen LogP contribution is -2.28. The normalized spacial score (nSPS) is 12.0. The second kappa shape index (κ2) is 8.44. The minimum atomic E-state index is -3.64. The molecule has 0 unspecified atom stereocenters. The summed E-state index contributed by atoms with van der Waals surface area (Å²) in [5, 5.41) is 13.1. The molecule has 21 heavy (non-hydrogen) atoms. The van der Waals surface area contributed by atoms with Crippen LogP contribution in [0.15, 0.2) is 4.90 Å². The summed E-state index contributed by atoms with van der Waals surface area (Å²) in [5.74, 6) is 0. The Balaban J connectivity index is 2.66. The van der Waals surface area contributed by atoms with E-state index in [1.165, 1.54) is 4.68 Å². The van der Waals surface area contributed by atoms with Crippen molar-refractivity contribution in [3.63, 3.8) is 0 Å². The number of nitrogens with zero attached hydrogens (tertiary/aromatic N) is 2. The molecule has 0 aliphatic heterocycles. The molecule has 8 nitrogen and oxygen atoms in total. The van der Waals surface area contributed by atoms with E-state index in [1.54, 1.807) is 21.0 Å². The number of rotatable bonds is 10. The van der Waals surface area contributed by atoms with E-state index >= 15 is 0 Å². The molecule has 0 saturated heterocycles. The zero-order valence-electron chi connectivity index (χ0n) is 12.6. The molecule has 0 radical (unpaired) electrons. The van der Waals surface area contributed by atoms with Crippen molar-refractivity contribution in [2.75, 3.05) is 40.1 Å². The molecule has 0 aliphatic rings. The number of nitrogens with one attached hydrogen (secondary N) is 1. The maximum Gasteiger partial charge on any atom is 0.244 e. The van der Waals surface area contributed by atoms with Crippen LogP contribution in [0.25, 0.3) is 0 Å². The quantitative estimate of drug-likeness (QED) is 0.560. The van der Waals surface area contributed by atoms with Gasteiger partial charge in [-0.05, 0) is 13.8 Å². The highest BCUT2D eigenvalue weighted by Crippen LogP contribution is 2.18. The Kier molecular flexibility index (Phi) is 7.26. The lowest BCUT2D eigenvalue weighted by atomic mass is 10.4. The van der Waals surface area contributed by atoms with E-state index in [9.17, 15) is 8.42 Å². The van der Waals surface area contributed by atoms with E-state index < -0.39 is 10.0 Å². The fourth-order valence-electron chi connectivity index (χ4n) is 1.95. The number of aliphatic hydroxyl groups is 1. The van der Waals surface area contributed by atoms with Crippen molar-refractivity contribution >= 4 is 10.0 Å². The van der Waals surface area contributed by atoms with E-state index in [0.29, 0.717) is 24.6 Å². The Morgan fingerprint density at radius 2 is 2.00 bits per heavy atom. The van der Waals surface area contributed by atoms with Gasteiger partial charge in [0.25, 0.3) is 0 Å². The lowest BCUT2D eigenvalue weighted by molar-refractivity contribution is 0.0736. The maximum atomic E-state index is 12.3. The first kappa shape index (κ1) is 18.1. The molecule has 1 heterocycles. The number of ether oxygens (including phenoxy) is 2. The molecule has 0 atom stereocenters. The molecule has 2 N–H and O–H groups in total. The van der Waals surface area contributed by atoms with E-state index in [1.807, 2.05) is 0 Å². The van der Waals surface area contributed by atoms with Gasteiger partial charge in [-0.2, -0.15) is 5.10 Å². The fourth-order valence-corrected chi connectivity index (χ4v) is 3.37. The lowest BCUT2D eigenvalue weighted by Gasteiger charge is -2.08. The number of aryl methyl sites for hydroxylation is 1. The molecule has 0 fully saturated rings. The van der Waals surface area contributed by atoms with Gasteiger partial charge in [0.05, 0.1) is 44.4 Å². The Bertz CT molecular complexity index is 541. The third-order valence-electron chi connectivity index (χ3n) is 2.87. The summed E-state index contributed by atoms with van der Waals surface area (Å²) in [6.45, 7) is 4.81. The van der Waals surface area contributed by atoms with Gasteiger partial charge in [0, 0.05) is 13.7 Å². The molecule has 0 saturated carbocycles. The zero-order chi connectivity index (χ0) is 15.9. The van der Waals surface area contributed by atoms with Gasteiger partial charge in [0.2, 0.25) is 10.0 Å². The van der Waals surface area contributed by atoms with Gasteiger partial charge in [0.1, 0.15) is 4.90 Å². The first-order valence-corrected chi connectivity index (χ1v) is 8.13. The number of aliphatic hydroxyl groups excluding tert-OH is 1. The summed E-state index contributed by atoms with van der Waals surface area (Å²) < 4.78 is 38.5. The highest BCUT2D eigenvalue weighted by atomic mass is 32.2. The molecule has 0 aromatic carbocycles. The predicted molar refractivity (Wildman–Crippen MR) is 76.7 cm³/mol. The van der Waals surface area contributed by atoms with Crippen molar-refractivity contribution < 1.29 is 23.0 Å². The summed E-state index contributed by atoms with van der Waals surface area (Å²) in [6.07, 6.45) is 0. The first-order chi connectivity index (χ1) is 9.94. The van der Waals surface area contributed by atoms with Crippen LogP contribution in [-0.2, 0) is 26.0 Å². The van der Waals surface area contributed by atoms with Gasteiger partial charge in [-0.1, -0.05) is 0 Å². The Morgan fingerprint density at radius 1 is 1.29 bits per heavy atom. The van der Waals surface area contributed by atoms with Crippen LogP contribution in [0.4, 0.5) is 0 Å². The van der Waals surface area contributed by atoms with Crippen molar-refractivity contribution in [1.29, 1.82) is 0 Å². The smallest absolute Gasteiger partial charge is 0.244 e. The van der Waals surface area contributed by atoms with Crippen LogP contribution in [0, 0.1) is 13.8 Å². The van der Waals surface area contributed by atoms with E-state index in [0.717, 1.165) is 0 Å². The van der Waals surface area contributed by atoms with E-state index in [2.05, 4.69) is 9.82 Å². The van der Waals surface area contributed by atoms with Crippen molar-refractivity contribution in [3.8, 4) is 0 Å². The summed E-state index contributed by atoms with van der Waals surface area (Å²) in [7, 11) is -2.07. The van der Waals surface area contributed by atoms with Crippen LogP contribution in [-0.4, -0.2) is 63.4 Å². The molecular weight excluding hydrogens is 298 g/mol. The Hall–Kier alpha value is -1.00. The van der Waals surface area contributed by atoms with Crippen LogP contribution >= 0.6 is 0 Å². The largest absolute Gasteiger partial charge is 0.394 e. The van der Waals surface area contributed by atoms with Gasteiger partial charge < -0.3 is 14.6 Å². The molecule has 0 bridgehead atoms. The topological polar surface area (TPSA) is 103 Å². The summed E-state index contributed by atoms with van der Waals surface area (Å²) >= 11 is 0. The molecule has 1 aromatic heterocycles. The van der Waals surface area contributed by atoms with Crippen LogP contribution in [0.5, 0.6) is 0 Å². The predicted octanol–water partition coefficient (Wildman–Crippen LogP) is -0.566. The molecule has 0 aliphatic carbocycles. The first-order valence-electron chi connectivity index (χ1n) is 6.65. The van der Waals surface area contributed by atoms with Gasteiger partial charge in [-0.25, -0.2) is 13.1 Å². The van der Waals surface area contributed by atoms with Crippen molar-refractivity contribution in [3.05, 3.63) is 11.4 Å². The molecule has 9 heteroatoms. The third-order valence-corrected chi connectivity index (χ3v) is 4.58. The van der Waals surface area contributed by atoms with Crippen molar-refractivity contribution in [2.45, 2.75) is 25.3 Å². The third kappa shape index (κ3) is 5.04. The molecule has 1 aromatic rings. The van der Waals surface area contributed by atoms with Crippen LogP contribution in [0.1, 0.15) is 11.4 Å². The summed E-state index contributed by atoms with van der Waals surface area (Å²) in [5.41, 5.74) is 0.920. The molecular formula is C12H23N3O5S. The number of aromatic nitrogens is 2. The number of hydrogen-bond donors (Lipinski definition) is 2. The summed E-state index contributed by atoms with van der Waals surface area (Å²) in [4.78, 5) is 0.160. The minimum absolute atomic E-state index is 0.0950. The van der Waals surface area contributed by atoms with Crippen LogP contribution in [0.3, 0.4) is 0 Å². The zero-order valence-corrected chi connectivity index (χ0v) is 13.4. The number of sulfonamides is 1. The highest BCUT2D eigenvalue weighted by molar-refractivity contribution is 7.89. The monoisotopic (exact) mass is 321 g/mol. The van der Waals surface area contributed by atoms with Crippen molar-refractivity contribution in [2.24, 2.45) is 0 Å². The average Bonchev–Trinajstić information content (AvgIpc) is 2.69. The second-order valence-corrected chi connectivity index (χ2v) is 6.15. The van der Waals surface area contributed by atoms with Crippen molar-refractivity contribution in [1.82, 2.24) is 14.5 Å². The SMILES string of the molecule is COCCOCCNS(=O)(=O)c1c(C)nn(CCO)c1C. The van der Waals surface area contributed by atoms with Gasteiger partial charge in [0.15, 0.2) is 0 Å². The van der Waals surface area contributed by atoms with Gasteiger partial charge in [-0.3, -0.25) is 4.68 Å². The molecule has 0 spiro atoms. The molecule has 1 rings (SSSR count). The second-order valence-electron chi connectivity index (χ2n) is 4.45. The standard InChI is InChI=1S/C12H23N3O5S/c1-10-12(11(2)15(14-10)5-6-16)21(17,18)13-4-7-20-9-8-19-3/h13,16H,4-9H2,1-3H3. The summed E-state index contributed by atoms with van der Waals surface area (Å²) in [6, 6.07) is 0. The molecule has 0 amide bonds. The maximum absolute atomic E-state index is 12.3. The average molecular weight is 321 g/mol. The van der Waals surface area contributed by atoms with E-state index in [-0.39, 0.29) is 31.2 Å². The Labute approximate surface area is 125 Å². The molecule has 122 valence electrons. The number of methoxy groups -OCH3 is 1. The van der Waals surface area contributed by atoms with Crippen LogP contribution in [0.2, 0.25) is 0 Å². The minimum Gasteiger partial charge on any atom is -0.394 e.